The molecule has 152 valence electrons. The second kappa shape index (κ2) is 6.92. The lowest BCUT2D eigenvalue weighted by Crippen LogP contribution is -2.44. The third-order valence-electron chi connectivity index (χ3n) is 6.17. The molecule has 3 unspecified atom stereocenters. The highest BCUT2D eigenvalue weighted by molar-refractivity contribution is 6.21. The number of Topliss-reactive ketones (excluding diaryl/α,β-unsaturated/α-hetero) is 2. The topological polar surface area (TPSA) is 138 Å². The zero-order valence-electron chi connectivity index (χ0n) is 15.9. The number of carbonyl (C=O) groups is 3. The van der Waals surface area contributed by atoms with Crippen molar-refractivity contribution in [2.24, 2.45) is 23.5 Å². The number of rotatable bonds is 2. The summed E-state index contributed by atoms with van der Waals surface area (Å²) in [5.74, 6) is -3.03. The van der Waals surface area contributed by atoms with E-state index in [1.165, 1.54) is 12.1 Å². The molecular formula is C23H19NO6. The van der Waals surface area contributed by atoms with Gasteiger partial charge in [0.15, 0.2) is 11.6 Å². The first-order valence-electron chi connectivity index (χ1n) is 9.47. The summed E-state index contributed by atoms with van der Waals surface area (Å²) in [6.07, 6.45) is 9.08. The number of primary amides is 1. The Labute approximate surface area is 172 Å². The van der Waals surface area contributed by atoms with E-state index in [0.717, 1.165) is 0 Å². The quantitative estimate of drug-likeness (QED) is 0.438. The van der Waals surface area contributed by atoms with Crippen LogP contribution in [-0.2, 0) is 20.8 Å². The van der Waals surface area contributed by atoms with Gasteiger partial charge in [0.1, 0.15) is 22.8 Å². The van der Waals surface area contributed by atoms with Crippen LogP contribution in [0.4, 0.5) is 0 Å². The number of nitrogens with two attached hydrogens (primary N) is 1. The number of hydrogen-bond donors (Lipinski definition) is 4. The molecule has 0 aliphatic heterocycles. The monoisotopic (exact) mass is 405 g/mol. The number of ketones is 2. The third kappa shape index (κ3) is 2.72. The second-order valence-corrected chi connectivity index (χ2v) is 7.78. The minimum atomic E-state index is -1.12. The summed E-state index contributed by atoms with van der Waals surface area (Å²) in [5.41, 5.74) is 6.25. The minimum Gasteiger partial charge on any atom is -0.511 e. The number of aromatic hydroxyl groups is 1. The van der Waals surface area contributed by atoms with E-state index in [2.05, 4.69) is 5.92 Å². The van der Waals surface area contributed by atoms with Crippen molar-refractivity contribution in [1.82, 2.24) is 0 Å². The van der Waals surface area contributed by atoms with Crippen LogP contribution < -0.4 is 5.73 Å². The number of carbonyl (C=O) groups excluding carboxylic acids is 3. The molecule has 3 atom stereocenters. The number of benzene rings is 1. The van der Waals surface area contributed by atoms with E-state index >= 15 is 0 Å². The molecule has 0 spiro atoms. The van der Waals surface area contributed by atoms with Crippen LogP contribution in [0.3, 0.4) is 0 Å². The molecule has 3 aliphatic rings. The van der Waals surface area contributed by atoms with Gasteiger partial charge in [-0.15, -0.1) is 6.42 Å². The molecule has 1 aromatic rings. The molecule has 0 aromatic heterocycles. The molecule has 0 heterocycles. The molecule has 0 radical (unpaired) electrons. The molecule has 0 bridgehead atoms. The molecule has 0 saturated heterocycles. The van der Waals surface area contributed by atoms with E-state index in [1.807, 2.05) is 0 Å². The summed E-state index contributed by atoms with van der Waals surface area (Å²) < 4.78 is 0. The van der Waals surface area contributed by atoms with Crippen LogP contribution in [0.1, 0.15) is 29.5 Å². The highest BCUT2D eigenvalue weighted by Crippen LogP contribution is 2.50. The normalized spacial score (nSPS) is 25.6. The van der Waals surface area contributed by atoms with Gasteiger partial charge in [-0.3, -0.25) is 14.4 Å². The number of fused-ring (bicyclic) bond motifs is 3. The summed E-state index contributed by atoms with van der Waals surface area (Å²) in [4.78, 5) is 37.2. The zero-order valence-corrected chi connectivity index (χ0v) is 15.9. The fourth-order valence-corrected chi connectivity index (χ4v) is 4.96. The van der Waals surface area contributed by atoms with Gasteiger partial charge in [-0.2, -0.15) is 0 Å². The van der Waals surface area contributed by atoms with Crippen molar-refractivity contribution >= 4 is 29.3 Å². The summed E-state index contributed by atoms with van der Waals surface area (Å²) in [6, 6.07) is 3.08. The lowest BCUT2D eigenvalue weighted by atomic mass is 9.61. The average molecular weight is 405 g/mol. The number of phenols is 1. The van der Waals surface area contributed by atoms with Gasteiger partial charge in [0.05, 0.1) is 11.5 Å². The van der Waals surface area contributed by atoms with Crippen molar-refractivity contribution in [3.63, 3.8) is 0 Å². The largest absolute Gasteiger partial charge is 0.511 e. The number of phenolic OH excluding ortho intramolecular Hbond substituents is 1. The SMILES string of the molecule is C#CC=Cc1ccc(O)c2c1CC1CC3CC(=O)C(C(N)=O)=C(O)C3C(=O)C1=C2O. The van der Waals surface area contributed by atoms with Crippen LogP contribution in [0.5, 0.6) is 5.75 Å². The fraction of sp³-hybridized carbons (Fsp3) is 0.261. The first-order chi connectivity index (χ1) is 14.3. The summed E-state index contributed by atoms with van der Waals surface area (Å²) in [6.45, 7) is 0. The predicted octanol–water partition coefficient (Wildman–Crippen LogP) is 1.96. The van der Waals surface area contributed by atoms with E-state index in [1.54, 1.807) is 12.1 Å². The average Bonchev–Trinajstić information content (AvgIpc) is 2.66. The van der Waals surface area contributed by atoms with Crippen LogP contribution >= 0.6 is 0 Å². The minimum absolute atomic E-state index is 0.0833. The molecule has 7 heteroatoms. The molecule has 30 heavy (non-hydrogen) atoms. The van der Waals surface area contributed by atoms with E-state index in [-0.39, 0.29) is 29.1 Å². The maximum absolute atomic E-state index is 13.3. The van der Waals surface area contributed by atoms with Crippen molar-refractivity contribution in [2.45, 2.75) is 19.3 Å². The first-order valence-corrected chi connectivity index (χ1v) is 9.47. The number of terminal acetylenes is 1. The Morgan fingerprint density at radius 1 is 1.20 bits per heavy atom. The lowest BCUT2D eigenvalue weighted by molar-refractivity contribution is -0.127. The smallest absolute Gasteiger partial charge is 0.255 e. The zero-order chi connectivity index (χ0) is 21.7. The van der Waals surface area contributed by atoms with Crippen LogP contribution in [-0.4, -0.2) is 32.8 Å². The summed E-state index contributed by atoms with van der Waals surface area (Å²) in [5, 5.41) is 31.8. The third-order valence-corrected chi connectivity index (χ3v) is 6.17. The molecule has 1 saturated carbocycles. The Hall–Kier alpha value is -3.79. The lowest BCUT2D eigenvalue weighted by Gasteiger charge is -2.41. The highest BCUT2D eigenvalue weighted by Gasteiger charge is 2.50. The van der Waals surface area contributed by atoms with E-state index in [0.29, 0.717) is 24.0 Å². The first kappa shape index (κ1) is 19.5. The Morgan fingerprint density at radius 2 is 1.93 bits per heavy atom. The Kier molecular flexibility index (Phi) is 4.50. The van der Waals surface area contributed by atoms with Crippen molar-refractivity contribution in [3.8, 4) is 18.1 Å². The van der Waals surface area contributed by atoms with E-state index in [4.69, 9.17) is 12.2 Å². The molecular weight excluding hydrogens is 386 g/mol. The predicted molar refractivity (Wildman–Crippen MR) is 108 cm³/mol. The van der Waals surface area contributed by atoms with E-state index in [9.17, 15) is 29.7 Å². The maximum atomic E-state index is 13.3. The maximum Gasteiger partial charge on any atom is 0.255 e. The number of aliphatic hydroxyl groups is 2. The molecule has 1 fully saturated rings. The number of allylic oxidation sites excluding steroid dienone is 3. The van der Waals surface area contributed by atoms with Gasteiger partial charge >= 0.3 is 0 Å². The Bertz CT molecular complexity index is 1150. The standard InChI is InChI=1S/C23H19NO6/c1-2-3-4-10-5-6-14(25)18-13(10)8-11-7-12-9-15(26)19(23(24)30)22(29)17(12)20(27)16(11)21(18)28/h1,3-6,11-12,17,25,28-29H,7-9H2,(H2,24,30). The van der Waals surface area contributed by atoms with Gasteiger partial charge in [0.2, 0.25) is 0 Å². The fourth-order valence-electron chi connectivity index (χ4n) is 4.96. The van der Waals surface area contributed by atoms with E-state index < -0.39 is 46.6 Å². The van der Waals surface area contributed by atoms with Gasteiger partial charge in [-0.25, -0.2) is 0 Å². The Balaban J connectivity index is 1.88. The van der Waals surface area contributed by atoms with Crippen molar-refractivity contribution in [2.75, 3.05) is 0 Å². The molecule has 1 aromatic carbocycles. The molecule has 3 aliphatic carbocycles. The van der Waals surface area contributed by atoms with Crippen LogP contribution in [0.2, 0.25) is 0 Å². The van der Waals surface area contributed by atoms with Crippen molar-refractivity contribution in [3.05, 3.63) is 51.8 Å². The second-order valence-electron chi connectivity index (χ2n) is 7.78. The van der Waals surface area contributed by atoms with Crippen LogP contribution in [0.25, 0.3) is 11.8 Å². The van der Waals surface area contributed by atoms with Crippen molar-refractivity contribution < 1.29 is 29.7 Å². The van der Waals surface area contributed by atoms with Gasteiger partial charge in [-0.05, 0) is 54.0 Å². The van der Waals surface area contributed by atoms with Gasteiger partial charge in [-0.1, -0.05) is 12.0 Å². The highest BCUT2D eigenvalue weighted by atomic mass is 16.3. The molecule has 7 nitrogen and oxygen atoms in total. The summed E-state index contributed by atoms with van der Waals surface area (Å²) >= 11 is 0. The molecule has 4 rings (SSSR count). The Morgan fingerprint density at radius 3 is 2.60 bits per heavy atom. The number of amides is 1. The number of hydrogen-bond acceptors (Lipinski definition) is 6. The van der Waals surface area contributed by atoms with Crippen LogP contribution in [0, 0.1) is 30.1 Å². The molecule has 5 N–H and O–H groups in total. The van der Waals surface area contributed by atoms with Crippen LogP contribution in [0.15, 0.2) is 35.1 Å². The van der Waals surface area contributed by atoms with Crippen molar-refractivity contribution in [1.29, 1.82) is 0 Å². The van der Waals surface area contributed by atoms with Gasteiger partial charge < -0.3 is 21.1 Å². The molecule has 1 amide bonds. The number of aliphatic hydroxyl groups excluding tert-OH is 2. The van der Waals surface area contributed by atoms with Gasteiger partial charge in [0.25, 0.3) is 5.91 Å². The summed E-state index contributed by atoms with van der Waals surface area (Å²) in [7, 11) is 0. The van der Waals surface area contributed by atoms with Gasteiger partial charge in [0, 0.05) is 12.0 Å².